The molecule has 2 fully saturated rings. The molecule has 2 nitrogen and oxygen atoms in total. The van der Waals surface area contributed by atoms with E-state index in [0.717, 1.165) is 0 Å². The van der Waals surface area contributed by atoms with Crippen LogP contribution in [0.4, 0.5) is 74.6 Å². The molecule has 0 aromatic carbocycles. The second-order valence-corrected chi connectivity index (χ2v) is 8.89. The summed E-state index contributed by atoms with van der Waals surface area (Å²) in [5.41, 5.74) is -5.57. The van der Waals surface area contributed by atoms with E-state index in [1.165, 1.54) is 0 Å². The smallest absolute Gasteiger partial charge is 0.365 e. The van der Waals surface area contributed by atoms with Crippen LogP contribution in [0.2, 0.25) is 0 Å². The van der Waals surface area contributed by atoms with Crippen LogP contribution in [-0.4, -0.2) is 79.0 Å². The molecule has 2 saturated heterocycles. The molecular weight excluding hydrogens is 569 g/mol. The molecule has 37 heavy (non-hydrogen) atoms. The summed E-state index contributed by atoms with van der Waals surface area (Å²) in [6.07, 6.45) is -45.2. The van der Waals surface area contributed by atoms with E-state index in [1.54, 1.807) is 0 Å². The number of piperidine rings is 1. The van der Waals surface area contributed by atoms with Gasteiger partial charge in [-0.25, -0.2) is 22.0 Å². The summed E-state index contributed by atoms with van der Waals surface area (Å²) in [6.45, 7) is -3.77. The van der Waals surface area contributed by atoms with Crippen LogP contribution in [-0.2, 0) is 4.74 Å². The lowest BCUT2D eigenvalue weighted by atomic mass is 9.84. The second-order valence-electron chi connectivity index (χ2n) is 8.89. The van der Waals surface area contributed by atoms with Crippen LogP contribution >= 0.6 is 0 Å². The predicted molar refractivity (Wildman–Crippen MR) is 88.5 cm³/mol. The van der Waals surface area contributed by atoms with Crippen LogP contribution in [0, 0.1) is 11.8 Å². The molecule has 0 spiro atoms. The van der Waals surface area contributed by atoms with Crippen molar-refractivity contribution in [2.75, 3.05) is 13.1 Å². The van der Waals surface area contributed by atoms with Gasteiger partial charge in [0.25, 0.3) is 11.8 Å². The highest BCUT2D eigenvalue weighted by molar-refractivity contribution is 5.05. The Bertz CT molecular complexity index is 752. The van der Waals surface area contributed by atoms with Crippen molar-refractivity contribution in [3.05, 3.63) is 0 Å². The molecule has 7 unspecified atom stereocenters. The highest BCUT2D eigenvalue weighted by Crippen LogP contribution is 2.51. The summed E-state index contributed by atoms with van der Waals surface area (Å²) in [7, 11) is 0. The summed E-state index contributed by atoms with van der Waals surface area (Å²) >= 11 is 0. The van der Waals surface area contributed by atoms with Crippen LogP contribution in [0.1, 0.15) is 25.7 Å². The molecular formula is C18H18F17NO. The minimum atomic E-state index is -6.52. The molecule has 2 rings (SSSR count). The third-order valence-corrected chi connectivity index (χ3v) is 6.29. The Hall–Kier alpha value is -1.27. The van der Waals surface area contributed by atoms with Crippen LogP contribution in [0.3, 0.4) is 0 Å². The van der Waals surface area contributed by atoms with E-state index in [2.05, 4.69) is 4.74 Å². The first-order valence-electron chi connectivity index (χ1n) is 10.4. The summed E-state index contributed by atoms with van der Waals surface area (Å²) < 4.78 is 233. The summed E-state index contributed by atoms with van der Waals surface area (Å²) in [5, 5.41) is 0. The van der Waals surface area contributed by atoms with Gasteiger partial charge in [-0.05, 0) is 25.7 Å². The van der Waals surface area contributed by atoms with Crippen molar-refractivity contribution in [2.45, 2.75) is 86.7 Å². The molecule has 0 N–H and O–H groups in total. The van der Waals surface area contributed by atoms with E-state index in [1.807, 2.05) is 0 Å². The zero-order valence-electron chi connectivity index (χ0n) is 18.0. The average Bonchev–Trinajstić information content (AvgIpc) is 2.74. The van der Waals surface area contributed by atoms with Crippen molar-refractivity contribution in [3.8, 4) is 0 Å². The molecule has 19 heteroatoms. The molecule has 0 saturated carbocycles. The topological polar surface area (TPSA) is 12.5 Å². The van der Waals surface area contributed by atoms with Gasteiger partial charge in [0.1, 0.15) is 12.2 Å². The van der Waals surface area contributed by atoms with Crippen molar-refractivity contribution in [1.82, 2.24) is 4.90 Å². The number of rotatable bonds is 5. The average molecular weight is 587 g/mol. The SMILES string of the molecule is FC(C(F)(F)F)C(F)(F)C1CCCC(C(F)(C(F)N2CC(C(F)(F)F)CC(C(F)(F)F)C2)C(F)(F)F)O1. The standard InChI is InChI=1S/C18H18F17NO/c19-11(17(30,31)32)14(22,23)10-3-1-2-9(37-10)13(21,18(33,34)35)12(20)36-5-7(15(24,25)26)4-8(6-36)16(27,28)29/h7-12H,1-6H2. The van der Waals surface area contributed by atoms with Gasteiger partial charge in [-0.3, -0.25) is 4.90 Å². The molecule has 220 valence electrons. The first kappa shape index (κ1) is 31.9. The highest BCUT2D eigenvalue weighted by atomic mass is 19.4. The Morgan fingerprint density at radius 3 is 1.46 bits per heavy atom. The van der Waals surface area contributed by atoms with Gasteiger partial charge in [-0.2, -0.15) is 52.7 Å². The lowest BCUT2D eigenvalue weighted by molar-refractivity contribution is -0.339. The predicted octanol–water partition coefficient (Wildman–Crippen LogP) is 7.09. The molecule has 2 heterocycles. The maximum atomic E-state index is 15.4. The summed E-state index contributed by atoms with van der Waals surface area (Å²) in [5.74, 6) is -11.7. The first-order chi connectivity index (χ1) is 16.3. The Balaban J connectivity index is 2.44. The highest BCUT2D eigenvalue weighted by Gasteiger charge is 2.71. The third kappa shape index (κ3) is 6.49. The molecule has 7 atom stereocenters. The normalized spacial score (nSPS) is 31.1. The molecule has 0 bridgehead atoms. The van der Waals surface area contributed by atoms with Crippen LogP contribution in [0.5, 0.6) is 0 Å². The molecule has 0 amide bonds. The number of alkyl halides is 17. The maximum Gasteiger partial charge on any atom is 0.429 e. The molecule has 2 aliphatic heterocycles. The van der Waals surface area contributed by atoms with E-state index in [4.69, 9.17) is 0 Å². The second kappa shape index (κ2) is 10.0. The number of ether oxygens (including phenoxy) is 1. The monoisotopic (exact) mass is 587 g/mol. The van der Waals surface area contributed by atoms with Crippen molar-refractivity contribution >= 4 is 0 Å². The molecule has 0 aliphatic carbocycles. The minimum absolute atomic E-state index is 0.744. The third-order valence-electron chi connectivity index (χ3n) is 6.29. The lowest BCUT2D eigenvalue weighted by Crippen LogP contribution is -2.67. The fraction of sp³-hybridized carbons (Fsp3) is 1.00. The van der Waals surface area contributed by atoms with Crippen molar-refractivity contribution in [3.63, 3.8) is 0 Å². The fourth-order valence-corrected chi connectivity index (χ4v) is 4.33. The Labute approximate surface area is 197 Å². The van der Waals surface area contributed by atoms with Crippen molar-refractivity contribution < 1.29 is 79.4 Å². The van der Waals surface area contributed by atoms with E-state index in [9.17, 15) is 65.9 Å². The van der Waals surface area contributed by atoms with Gasteiger partial charge in [0.05, 0.1) is 11.8 Å². The molecule has 0 aromatic heterocycles. The van der Waals surface area contributed by atoms with E-state index in [0.29, 0.717) is 0 Å². The van der Waals surface area contributed by atoms with Gasteiger partial charge < -0.3 is 4.74 Å². The Morgan fingerprint density at radius 2 is 1.08 bits per heavy atom. The summed E-state index contributed by atoms with van der Waals surface area (Å²) in [4.78, 5) is -0.744. The molecule has 0 radical (unpaired) electrons. The Morgan fingerprint density at radius 1 is 0.649 bits per heavy atom. The van der Waals surface area contributed by atoms with Gasteiger partial charge in [-0.15, -0.1) is 0 Å². The summed E-state index contributed by atoms with van der Waals surface area (Å²) in [6, 6.07) is 0. The molecule has 2 aliphatic rings. The zero-order valence-corrected chi connectivity index (χ0v) is 18.0. The van der Waals surface area contributed by atoms with Gasteiger partial charge in [-0.1, -0.05) is 0 Å². The quantitative estimate of drug-likeness (QED) is 0.252. The lowest BCUT2D eigenvalue weighted by Gasteiger charge is -2.48. The zero-order chi connectivity index (χ0) is 29.0. The van der Waals surface area contributed by atoms with Crippen molar-refractivity contribution in [2.24, 2.45) is 11.8 Å². The van der Waals surface area contributed by atoms with E-state index in [-0.39, 0.29) is 0 Å². The first-order valence-corrected chi connectivity index (χ1v) is 10.4. The number of hydrogen-bond acceptors (Lipinski definition) is 2. The number of likely N-dealkylation sites (tertiary alicyclic amines) is 1. The van der Waals surface area contributed by atoms with E-state index >= 15 is 8.78 Å². The number of halogens is 17. The number of hydrogen-bond donors (Lipinski definition) is 0. The van der Waals surface area contributed by atoms with Crippen LogP contribution in [0.25, 0.3) is 0 Å². The van der Waals surface area contributed by atoms with Gasteiger partial charge in [0.2, 0.25) is 0 Å². The Kier molecular flexibility index (Phi) is 8.67. The van der Waals surface area contributed by atoms with Crippen molar-refractivity contribution in [1.29, 1.82) is 0 Å². The van der Waals surface area contributed by atoms with Gasteiger partial charge in [0, 0.05) is 13.1 Å². The van der Waals surface area contributed by atoms with Gasteiger partial charge in [0.15, 0.2) is 6.30 Å². The molecule has 0 aromatic rings. The van der Waals surface area contributed by atoms with Gasteiger partial charge >= 0.3 is 30.6 Å². The fourth-order valence-electron chi connectivity index (χ4n) is 4.33. The maximum absolute atomic E-state index is 15.4. The van der Waals surface area contributed by atoms with Crippen LogP contribution < -0.4 is 0 Å². The number of nitrogens with zero attached hydrogens (tertiary/aromatic N) is 1. The van der Waals surface area contributed by atoms with E-state index < -0.39 is 116 Å². The minimum Gasteiger partial charge on any atom is -0.365 e. The van der Waals surface area contributed by atoms with Crippen LogP contribution in [0.15, 0.2) is 0 Å². The largest absolute Gasteiger partial charge is 0.429 e.